The van der Waals surface area contributed by atoms with Gasteiger partial charge in [0, 0.05) is 19.3 Å². The second-order valence-corrected chi connectivity index (χ2v) is 4.77. The molecule has 98 valence electrons. The Bertz CT molecular complexity index is 304. The number of unbranched alkanes of at least 4 members (excludes halogenated alkanes) is 6. The van der Waals surface area contributed by atoms with Crippen LogP contribution in [-0.4, -0.2) is 9.55 Å². The number of imidazole rings is 1. The van der Waals surface area contributed by atoms with E-state index in [0.29, 0.717) is 6.54 Å². The fourth-order valence-corrected chi connectivity index (χ4v) is 2.21. The third-order valence-electron chi connectivity index (χ3n) is 3.33. The van der Waals surface area contributed by atoms with Crippen LogP contribution in [0.5, 0.6) is 0 Å². The minimum absolute atomic E-state index is 0.595. The van der Waals surface area contributed by atoms with E-state index in [1.54, 1.807) is 0 Å². The van der Waals surface area contributed by atoms with Gasteiger partial charge in [0.25, 0.3) is 0 Å². The Morgan fingerprint density at radius 3 is 2.41 bits per heavy atom. The third-order valence-corrected chi connectivity index (χ3v) is 3.33. The molecule has 0 amide bonds. The predicted molar refractivity (Wildman–Crippen MR) is 72.8 cm³/mol. The number of nitrogens with two attached hydrogens (primary N) is 1. The van der Waals surface area contributed by atoms with Gasteiger partial charge in [0.2, 0.25) is 0 Å². The molecule has 1 heterocycles. The molecule has 0 atom stereocenters. The summed E-state index contributed by atoms with van der Waals surface area (Å²) in [5, 5.41) is 0. The van der Waals surface area contributed by atoms with Crippen molar-refractivity contribution in [2.24, 2.45) is 5.73 Å². The number of aromatic nitrogens is 2. The second kappa shape index (κ2) is 8.29. The topological polar surface area (TPSA) is 43.8 Å². The van der Waals surface area contributed by atoms with Crippen LogP contribution in [0.1, 0.15) is 63.4 Å². The zero-order chi connectivity index (χ0) is 12.5. The lowest BCUT2D eigenvalue weighted by atomic mass is 10.1. The molecule has 0 aliphatic heterocycles. The molecule has 0 bridgehead atoms. The summed E-state index contributed by atoms with van der Waals surface area (Å²) in [6.45, 7) is 5.99. The van der Waals surface area contributed by atoms with Crippen molar-refractivity contribution in [2.75, 3.05) is 0 Å². The van der Waals surface area contributed by atoms with Crippen molar-refractivity contribution < 1.29 is 0 Å². The van der Waals surface area contributed by atoms with Gasteiger partial charge in [-0.15, -0.1) is 0 Å². The Kier molecular flexibility index (Phi) is 6.94. The van der Waals surface area contributed by atoms with Gasteiger partial charge in [-0.25, -0.2) is 4.98 Å². The molecule has 1 rings (SSSR count). The highest BCUT2D eigenvalue weighted by Gasteiger charge is 2.03. The van der Waals surface area contributed by atoms with E-state index >= 15 is 0 Å². The highest BCUT2D eigenvalue weighted by Crippen LogP contribution is 2.10. The zero-order valence-corrected chi connectivity index (χ0v) is 11.4. The lowest BCUT2D eigenvalue weighted by molar-refractivity contribution is 0.536. The number of rotatable bonds is 9. The summed E-state index contributed by atoms with van der Waals surface area (Å²) in [5.74, 6) is 1.09. The van der Waals surface area contributed by atoms with E-state index in [9.17, 15) is 0 Å². The smallest absolute Gasteiger partial charge is 0.105 e. The fraction of sp³-hybridized carbons (Fsp3) is 0.786. The molecule has 0 aliphatic rings. The Morgan fingerprint density at radius 2 is 1.76 bits per heavy atom. The molecule has 0 fully saturated rings. The first-order valence-electron chi connectivity index (χ1n) is 7.00. The molecule has 1 aromatic heterocycles. The summed E-state index contributed by atoms with van der Waals surface area (Å²) in [6, 6.07) is 0. The van der Waals surface area contributed by atoms with Crippen LogP contribution in [0.4, 0.5) is 0 Å². The molecule has 0 radical (unpaired) electrons. The minimum Gasteiger partial charge on any atom is -0.331 e. The standard InChI is InChI=1S/C14H27N3/c1-3-4-5-6-7-8-9-10-17-13(2)16-12-14(17)11-15/h12H,3-11,15H2,1-2H3. The molecule has 1 aromatic rings. The monoisotopic (exact) mass is 237 g/mol. The molecule has 0 saturated heterocycles. The van der Waals surface area contributed by atoms with Crippen LogP contribution in [0, 0.1) is 6.92 Å². The number of aryl methyl sites for hydroxylation is 1. The molecule has 0 saturated carbocycles. The van der Waals surface area contributed by atoms with Crippen LogP contribution < -0.4 is 5.73 Å². The van der Waals surface area contributed by atoms with E-state index in [1.165, 1.54) is 44.9 Å². The first-order chi connectivity index (χ1) is 8.29. The molecule has 0 aliphatic carbocycles. The first kappa shape index (κ1) is 14.2. The second-order valence-electron chi connectivity index (χ2n) is 4.77. The number of hydrogen-bond acceptors (Lipinski definition) is 2. The van der Waals surface area contributed by atoms with Crippen molar-refractivity contribution in [1.29, 1.82) is 0 Å². The van der Waals surface area contributed by atoms with Crippen LogP contribution >= 0.6 is 0 Å². The van der Waals surface area contributed by atoms with E-state index in [1.807, 2.05) is 6.20 Å². The van der Waals surface area contributed by atoms with E-state index in [-0.39, 0.29) is 0 Å². The summed E-state index contributed by atoms with van der Waals surface area (Å²) in [6.07, 6.45) is 11.3. The molecule has 3 heteroatoms. The average molecular weight is 237 g/mol. The van der Waals surface area contributed by atoms with E-state index in [4.69, 9.17) is 5.73 Å². The van der Waals surface area contributed by atoms with Crippen LogP contribution in [-0.2, 0) is 13.1 Å². The Morgan fingerprint density at radius 1 is 1.12 bits per heavy atom. The van der Waals surface area contributed by atoms with E-state index < -0.39 is 0 Å². The molecule has 17 heavy (non-hydrogen) atoms. The van der Waals surface area contributed by atoms with Crippen LogP contribution in [0.2, 0.25) is 0 Å². The highest BCUT2D eigenvalue weighted by atomic mass is 15.1. The molecule has 2 N–H and O–H groups in total. The zero-order valence-electron chi connectivity index (χ0n) is 11.4. The summed E-state index contributed by atoms with van der Waals surface area (Å²) >= 11 is 0. The van der Waals surface area contributed by atoms with Gasteiger partial charge < -0.3 is 10.3 Å². The van der Waals surface area contributed by atoms with Gasteiger partial charge in [0.1, 0.15) is 5.82 Å². The van der Waals surface area contributed by atoms with Gasteiger partial charge in [0.15, 0.2) is 0 Å². The first-order valence-corrected chi connectivity index (χ1v) is 7.00. The average Bonchev–Trinajstić information content (AvgIpc) is 2.69. The molecule has 0 unspecified atom stereocenters. The molecule has 0 aromatic carbocycles. The van der Waals surface area contributed by atoms with Gasteiger partial charge in [-0.2, -0.15) is 0 Å². The Hall–Kier alpha value is -0.830. The van der Waals surface area contributed by atoms with Crippen molar-refractivity contribution in [3.05, 3.63) is 17.7 Å². The van der Waals surface area contributed by atoms with Crippen LogP contribution in [0.3, 0.4) is 0 Å². The van der Waals surface area contributed by atoms with E-state index in [0.717, 1.165) is 18.1 Å². The SMILES string of the molecule is CCCCCCCCCn1c(CN)cnc1C. The van der Waals surface area contributed by atoms with Crippen molar-refractivity contribution in [3.8, 4) is 0 Å². The number of nitrogens with zero attached hydrogens (tertiary/aromatic N) is 2. The van der Waals surface area contributed by atoms with E-state index in [2.05, 4.69) is 23.4 Å². The van der Waals surface area contributed by atoms with Gasteiger partial charge in [0.05, 0.1) is 5.69 Å². The summed E-state index contributed by atoms with van der Waals surface area (Å²) in [5.41, 5.74) is 6.85. The quantitative estimate of drug-likeness (QED) is 0.669. The van der Waals surface area contributed by atoms with Crippen molar-refractivity contribution in [3.63, 3.8) is 0 Å². The maximum atomic E-state index is 5.69. The van der Waals surface area contributed by atoms with Gasteiger partial charge in [-0.05, 0) is 13.3 Å². The molecular formula is C14H27N3. The normalized spacial score (nSPS) is 11.0. The lowest BCUT2D eigenvalue weighted by Crippen LogP contribution is -2.09. The highest BCUT2D eigenvalue weighted by molar-refractivity contribution is 5.03. The van der Waals surface area contributed by atoms with Gasteiger partial charge in [-0.1, -0.05) is 45.4 Å². The number of hydrogen-bond donors (Lipinski definition) is 1. The Labute approximate surface area is 105 Å². The van der Waals surface area contributed by atoms with Gasteiger partial charge in [-0.3, -0.25) is 0 Å². The maximum absolute atomic E-state index is 5.69. The lowest BCUT2D eigenvalue weighted by Gasteiger charge is -2.08. The van der Waals surface area contributed by atoms with Crippen LogP contribution in [0.15, 0.2) is 6.20 Å². The van der Waals surface area contributed by atoms with Gasteiger partial charge >= 0.3 is 0 Å². The predicted octanol–water partition coefficient (Wildman–Crippen LogP) is 3.40. The molecule has 3 nitrogen and oxygen atoms in total. The fourth-order valence-electron chi connectivity index (χ4n) is 2.21. The largest absolute Gasteiger partial charge is 0.331 e. The van der Waals surface area contributed by atoms with Crippen molar-refractivity contribution in [2.45, 2.75) is 71.9 Å². The molecular weight excluding hydrogens is 210 g/mol. The third kappa shape index (κ3) is 4.90. The summed E-state index contributed by atoms with van der Waals surface area (Å²) in [4.78, 5) is 4.31. The summed E-state index contributed by atoms with van der Waals surface area (Å²) in [7, 11) is 0. The van der Waals surface area contributed by atoms with Crippen molar-refractivity contribution in [1.82, 2.24) is 9.55 Å². The van der Waals surface area contributed by atoms with Crippen molar-refractivity contribution >= 4 is 0 Å². The summed E-state index contributed by atoms with van der Waals surface area (Å²) < 4.78 is 2.26. The maximum Gasteiger partial charge on any atom is 0.105 e. The van der Waals surface area contributed by atoms with Crippen LogP contribution in [0.25, 0.3) is 0 Å². The minimum atomic E-state index is 0.595. The molecule has 0 spiro atoms. The Balaban J connectivity index is 2.15.